The van der Waals surface area contributed by atoms with Gasteiger partial charge < -0.3 is 42.6 Å². The van der Waals surface area contributed by atoms with E-state index in [1.54, 1.807) is 7.11 Å². The molecule has 0 N–H and O–H groups in total. The van der Waals surface area contributed by atoms with Gasteiger partial charge in [0, 0.05) is 13.5 Å². The molecule has 0 aliphatic carbocycles. The van der Waals surface area contributed by atoms with E-state index in [1.165, 1.54) is 32.1 Å². The van der Waals surface area contributed by atoms with Crippen LogP contribution in [0.1, 0.15) is 58.3 Å². The van der Waals surface area contributed by atoms with E-state index in [0.29, 0.717) is 112 Å². The molecule has 0 spiro atoms. The van der Waals surface area contributed by atoms with Crippen LogP contribution in [-0.2, 0) is 47.4 Å². The van der Waals surface area contributed by atoms with Crippen LogP contribution in [0.15, 0.2) is 0 Å². The van der Waals surface area contributed by atoms with Crippen LogP contribution in [-0.4, -0.2) is 119 Å². The summed E-state index contributed by atoms with van der Waals surface area (Å²) in [7, 11) is 1.65. The molecule has 0 saturated heterocycles. The fourth-order valence-corrected chi connectivity index (χ4v) is 3.08. The number of methoxy groups -OCH3 is 1. The Morgan fingerprint density at radius 3 is 1.14 bits per heavy atom. The maximum atomic E-state index is 11.7. The summed E-state index contributed by atoms with van der Waals surface area (Å²) in [5, 5.41) is 0. The van der Waals surface area contributed by atoms with Crippen LogP contribution < -0.4 is 0 Å². The summed E-state index contributed by atoms with van der Waals surface area (Å²) < 4.78 is 47.9. The summed E-state index contributed by atoms with van der Waals surface area (Å²) in [6.45, 7) is 10.3. The third kappa shape index (κ3) is 33.1. The lowest BCUT2D eigenvalue weighted by Crippen LogP contribution is -2.15. The number of hydrogen-bond acceptors (Lipinski definition) is 10. The predicted molar refractivity (Wildman–Crippen MR) is 141 cm³/mol. The highest BCUT2D eigenvalue weighted by molar-refractivity contribution is 5.69. The maximum Gasteiger partial charge on any atom is 0.305 e. The van der Waals surface area contributed by atoms with E-state index in [1.807, 2.05) is 0 Å². The zero-order valence-electron chi connectivity index (χ0n) is 23.6. The maximum absolute atomic E-state index is 11.7. The molecule has 0 aromatic rings. The van der Waals surface area contributed by atoms with Crippen molar-refractivity contribution in [2.45, 2.75) is 58.3 Å². The number of carbonyl (C=O) groups is 1. The molecule has 0 aromatic heterocycles. The Balaban J connectivity index is 3.10. The summed E-state index contributed by atoms with van der Waals surface area (Å²) in [5.41, 5.74) is 0. The van der Waals surface area contributed by atoms with Crippen LogP contribution in [0.4, 0.5) is 0 Å². The normalized spacial score (nSPS) is 11.3. The van der Waals surface area contributed by atoms with Gasteiger partial charge in [0.15, 0.2) is 0 Å². The molecular formula is C27H54O10. The van der Waals surface area contributed by atoms with Crippen LogP contribution in [0.2, 0.25) is 0 Å². The van der Waals surface area contributed by atoms with Crippen molar-refractivity contribution in [3.05, 3.63) is 0 Å². The number of carbonyl (C=O) groups excluding carboxylic acids is 1. The lowest BCUT2D eigenvalue weighted by molar-refractivity contribution is -0.145. The first-order chi connectivity index (χ1) is 18.3. The van der Waals surface area contributed by atoms with Gasteiger partial charge in [0.25, 0.3) is 0 Å². The molecule has 0 aliphatic heterocycles. The summed E-state index contributed by atoms with van der Waals surface area (Å²) in [5.74, 6) is -0.136. The average Bonchev–Trinajstić information content (AvgIpc) is 2.90. The quantitative estimate of drug-likeness (QED) is 0.0935. The van der Waals surface area contributed by atoms with E-state index in [4.69, 9.17) is 42.6 Å². The van der Waals surface area contributed by atoms with Crippen LogP contribution in [0.5, 0.6) is 0 Å². The predicted octanol–water partition coefficient (Wildman–Crippen LogP) is 3.43. The van der Waals surface area contributed by atoms with Crippen LogP contribution in [0.3, 0.4) is 0 Å². The van der Waals surface area contributed by atoms with Gasteiger partial charge in [-0.1, -0.05) is 45.4 Å². The number of hydrogen-bond donors (Lipinski definition) is 0. The number of esters is 1. The number of rotatable bonds is 32. The molecule has 0 heterocycles. The van der Waals surface area contributed by atoms with Crippen molar-refractivity contribution in [1.82, 2.24) is 0 Å². The van der Waals surface area contributed by atoms with Gasteiger partial charge >= 0.3 is 5.97 Å². The van der Waals surface area contributed by atoms with E-state index in [9.17, 15) is 4.79 Å². The van der Waals surface area contributed by atoms with Crippen molar-refractivity contribution in [3.63, 3.8) is 0 Å². The zero-order chi connectivity index (χ0) is 26.9. The molecule has 0 aliphatic rings. The number of unbranched alkanes of at least 4 members (excludes halogenated alkanes) is 6. The smallest absolute Gasteiger partial charge is 0.305 e. The third-order valence-corrected chi connectivity index (χ3v) is 5.14. The molecule has 37 heavy (non-hydrogen) atoms. The summed E-state index contributed by atoms with van der Waals surface area (Å²) in [6.07, 6.45) is 8.84. The van der Waals surface area contributed by atoms with Crippen molar-refractivity contribution in [1.29, 1.82) is 0 Å². The van der Waals surface area contributed by atoms with Gasteiger partial charge in [-0.2, -0.15) is 0 Å². The highest BCUT2D eigenvalue weighted by Crippen LogP contribution is 2.08. The van der Waals surface area contributed by atoms with Gasteiger partial charge in [-0.3, -0.25) is 4.79 Å². The first-order valence-electron chi connectivity index (χ1n) is 14.0. The molecular weight excluding hydrogens is 484 g/mol. The molecule has 0 rings (SSSR count). The van der Waals surface area contributed by atoms with Crippen molar-refractivity contribution < 1.29 is 47.4 Å². The largest absolute Gasteiger partial charge is 0.463 e. The average molecular weight is 539 g/mol. The molecule has 0 bridgehead atoms. The molecule has 222 valence electrons. The van der Waals surface area contributed by atoms with Crippen molar-refractivity contribution >= 4 is 5.97 Å². The molecule has 0 unspecified atom stereocenters. The highest BCUT2D eigenvalue weighted by Gasteiger charge is 2.02. The van der Waals surface area contributed by atoms with E-state index in [2.05, 4.69) is 6.92 Å². The number of ether oxygens (including phenoxy) is 9. The van der Waals surface area contributed by atoms with E-state index < -0.39 is 0 Å². The lowest BCUT2D eigenvalue weighted by Gasteiger charge is -2.08. The summed E-state index contributed by atoms with van der Waals surface area (Å²) in [4.78, 5) is 11.7. The van der Waals surface area contributed by atoms with Crippen molar-refractivity contribution in [2.24, 2.45) is 0 Å². The second-order valence-electron chi connectivity index (χ2n) is 8.37. The van der Waals surface area contributed by atoms with Gasteiger partial charge in [-0.15, -0.1) is 0 Å². The Bertz CT molecular complexity index is 439. The highest BCUT2D eigenvalue weighted by atomic mass is 16.6. The Morgan fingerprint density at radius 1 is 0.432 bits per heavy atom. The molecule has 10 nitrogen and oxygen atoms in total. The van der Waals surface area contributed by atoms with E-state index in [0.717, 1.165) is 12.8 Å². The molecule has 10 heteroatoms. The lowest BCUT2D eigenvalue weighted by atomic mass is 10.1. The summed E-state index contributed by atoms with van der Waals surface area (Å²) in [6, 6.07) is 0. The molecule has 0 atom stereocenters. The zero-order valence-corrected chi connectivity index (χ0v) is 23.6. The first kappa shape index (κ1) is 36.1. The monoisotopic (exact) mass is 538 g/mol. The molecule has 0 saturated carbocycles. The Hall–Kier alpha value is -0.850. The van der Waals surface area contributed by atoms with Gasteiger partial charge in [0.2, 0.25) is 0 Å². The topological polar surface area (TPSA) is 100 Å². The van der Waals surface area contributed by atoms with Gasteiger partial charge in [0.1, 0.15) is 6.61 Å². The van der Waals surface area contributed by atoms with Gasteiger partial charge in [0.05, 0.1) is 99.1 Å². The Labute approximate surface area is 224 Å². The van der Waals surface area contributed by atoms with Gasteiger partial charge in [-0.25, -0.2) is 0 Å². The van der Waals surface area contributed by atoms with Crippen LogP contribution in [0.25, 0.3) is 0 Å². The van der Waals surface area contributed by atoms with Crippen molar-refractivity contribution in [2.75, 3.05) is 113 Å². The fraction of sp³-hybridized carbons (Fsp3) is 0.963. The second kappa shape index (κ2) is 33.2. The minimum Gasteiger partial charge on any atom is -0.463 e. The first-order valence-corrected chi connectivity index (χ1v) is 14.0. The van der Waals surface area contributed by atoms with E-state index >= 15 is 0 Å². The van der Waals surface area contributed by atoms with Crippen LogP contribution >= 0.6 is 0 Å². The minimum atomic E-state index is -0.136. The Kier molecular flexibility index (Phi) is 32.4. The van der Waals surface area contributed by atoms with E-state index in [-0.39, 0.29) is 5.97 Å². The molecule has 0 fully saturated rings. The summed E-state index contributed by atoms with van der Waals surface area (Å²) >= 11 is 0. The standard InChI is InChI=1S/C27H54O10/c1-3-4-5-6-7-8-9-10-27(28)37-26-25-36-24-23-35-22-21-34-20-19-33-18-17-32-16-15-31-14-13-30-12-11-29-2/h3-26H2,1-2H3. The van der Waals surface area contributed by atoms with Crippen molar-refractivity contribution in [3.8, 4) is 0 Å². The molecule has 0 amide bonds. The van der Waals surface area contributed by atoms with Crippen LogP contribution in [0, 0.1) is 0 Å². The fourth-order valence-electron chi connectivity index (χ4n) is 3.08. The SMILES string of the molecule is CCCCCCCCCC(=O)OCCOCCOCCOCCOCCOCCOCCOCCOC. The Morgan fingerprint density at radius 2 is 0.757 bits per heavy atom. The van der Waals surface area contributed by atoms with Gasteiger partial charge in [-0.05, 0) is 6.42 Å². The third-order valence-electron chi connectivity index (χ3n) is 5.14. The molecule has 0 aromatic carbocycles. The second-order valence-corrected chi connectivity index (χ2v) is 8.37. The minimum absolute atomic E-state index is 0.136. The molecule has 0 radical (unpaired) electrons.